The quantitative estimate of drug-likeness (QED) is 0.743. The number of hydrogen-bond donors (Lipinski definition) is 1. The van der Waals surface area contributed by atoms with Crippen LogP contribution in [0.15, 0.2) is 0 Å². The van der Waals surface area contributed by atoms with Gasteiger partial charge in [0.05, 0.1) is 25.2 Å². The van der Waals surface area contributed by atoms with Crippen molar-refractivity contribution in [1.82, 2.24) is 4.90 Å². The Morgan fingerprint density at radius 2 is 2.36 bits per heavy atom. The first-order valence-corrected chi connectivity index (χ1v) is 6.42. The molecule has 0 aromatic rings. The summed E-state index contributed by atoms with van der Waals surface area (Å²) in [4.78, 5) is 2.50. The molecule has 2 rings (SSSR count). The molecule has 2 aliphatic heterocycles. The normalized spacial score (nSPS) is 32.6. The Balaban J connectivity index is 1.88. The standard InChI is InChI=1S/C10H19NO2S/c1-9-4-14-3-2-11(9)5-10(6-12)7-13-8-10/h9,12H,2-8H2,1H3. The van der Waals surface area contributed by atoms with E-state index in [1.165, 1.54) is 11.5 Å². The van der Waals surface area contributed by atoms with Crippen LogP contribution >= 0.6 is 11.8 Å². The summed E-state index contributed by atoms with van der Waals surface area (Å²) in [5.74, 6) is 2.45. The highest BCUT2D eigenvalue weighted by Crippen LogP contribution is 2.30. The summed E-state index contributed by atoms with van der Waals surface area (Å²) in [6.45, 7) is 6.18. The van der Waals surface area contributed by atoms with Crippen molar-refractivity contribution in [2.24, 2.45) is 5.41 Å². The third-order valence-corrected chi connectivity index (χ3v) is 4.39. The van der Waals surface area contributed by atoms with Crippen LogP contribution < -0.4 is 0 Å². The van der Waals surface area contributed by atoms with Crippen molar-refractivity contribution in [2.75, 3.05) is 44.4 Å². The Kier molecular flexibility index (Phi) is 3.37. The van der Waals surface area contributed by atoms with Crippen molar-refractivity contribution in [3.8, 4) is 0 Å². The van der Waals surface area contributed by atoms with Crippen molar-refractivity contribution in [3.63, 3.8) is 0 Å². The molecule has 0 amide bonds. The third-order valence-electron chi connectivity index (χ3n) is 3.20. The largest absolute Gasteiger partial charge is 0.396 e. The van der Waals surface area contributed by atoms with Crippen LogP contribution in [-0.2, 0) is 4.74 Å². The topological polar surface area (TPSA) is 32.7 Å². The maximum absolute atomic E-state index is 9.34. The fraction of sp³-hybridized carbons (Fsp3) is 1.00. The Labute approximate surface area is 89.8 Å². The molecule has 0 spiro atoms. The summed E-state index contributed by atoms with van der Waals surface area (Å²) in [5.41, 5.74) is 0.0519. The first-order valence-electron chi connectivity index (χ1n) is 5.26. The van der Waals surface area contributed by atoms with Gasteiger partial charge < -0.3 is 9.84 Å². The molecular weight excluding hydrogens is 198 g/mol. The fourth-order valence-corrected chi connectivity index (χ4v) is 3.13. The van der Waals surface area contributed by atoms with Gasteiger partial charge in [-0.1, -0.05) is 0 Å². The minimum Gasteiger partial charge on any atom is -0.396 e. The summed E-state index contributed by atoms with van der Waals surface area (Å²) in [6, 6.07) is 0.651. The van der Waals surface area contributed by atoms with Gasteiger partial charge in [0.2, 0.25) is 0 Å². The molecule has 2 fully saturated rings. The highest BCUT2D eigenvalue weighted by Gasteiger charge is 2.40. The van der Waals surface area contributed by atoms with Crippen LogP contribution in [0.3, 0.4) is 0 Å². The number of nitrogens with zero attached hydrogens (tertiary/aromatic N) is 1. The zero-order valence-corrected chi connectivity index (χ0v) is 9.55. The van der Waals surface area contributed by atoms with E-state index in [0.29, 0.717) is 6.04 Å². The van der Waals surface area contributed by atoms with E-state index in [-0.39, 0.29) is 12.0 Å². The van der Waals surface area contributed by atoms with Crippen molar-refractivity contribution in [2.45, 2.75) is 13.0 Å². The van der Waals surface area contributed by atoms with Gasteiger partial charge in [0.15, 0.2) is 0 Å². The van der Waals surface area contributed by atoms with Crippen LogP contribution in [0.1, 0.15) is 6.92 Å². The SMILES string of the molecule is CC1CSCCN1CC1(CO)COC1. The predicted molar refractivity (Wildman–Crippen MR) is 58.7 cm³/mol. The second kappa shape index (κ2) is 4.39. The molecule has 1 unspecified atom stereocenters. The summed E-state index contributed by atoms with van der Waals surface area (Å²) >= 11 is 2.03. The van der Waals surface area contributed by atoms with E-state index in [1.54, 1.807) is 0 Å². The Morgan fingerprint density at radius 1 is 1.57 bits per heavy atom. The summed E-state index contributed by atoms with van der Waals surface area (Å²) in [5, 5.41) is 9.34. The lowest BCUT2D eigenvalue weighted by Gasteiger charge is -2.46. The van der Waals surface area contributed by atoms with Gasteiger partial charge >= 0.3 is 0 Å². The van der Waals surface area contributed by atoms with Gasteiger partial charge in [-0.2, -0.15) is 11.8 Å². The molecule has 14 heavy (non-hydrogen) atoms. The van der Waals surface area contributed by atoms with Gasteiger partial charge in [-0.3, -0.25) is 4.90 Å². The molecule has 4 heteroatoms. The van der Waals surface area contributed by atoms with Crippen molar-refractivity contribution in [1.29, 1.82) is 0 Å². The molecule has 1 N–H and O–H groups in total. The molecule has 1 atom stereocenters. The van der Waals surface area contributed by atoms with Gasteiger partial charge in [-0.25, -0.2) is 0 Å². The number of aliphatic hydroxyl groups excluding tert-OH is 1. The molecule has 3 nitrogen and oxygen atoms in total. The van der Waals surface area contributed by atoms with Crippen molar-refractivity contribution < 1.29 is 9.84 Å². The van der Waals surface area contributed by atoms with Crippen LogP contribution in [0.2, 0.25) is 0 Å². The molecule has 0 aliphatic carbocycles. The van der Waals surface area contributed by atoms with Crippen LogP contribution in [0.4, 0.5) is 0 Å². The summed E-state index contributed by atoms with van der Waals surface area (Å²) < 4.78 is 5.21. The predicted octanol–water partition coefficient (Wildman–Crippen LogP) is 0.433. The first kappa shape index (κ1) is 10.7. The first-order chi connectivity index (χ1) is 6.76. The molecule has 0 bridgehead atoms. The number of rotatable bonds is 3. The van der Waals surface area contributed by atoms with E-state index in [4.69, 9.17) is 4.74 Å². The lowest BCUT2D eigenvalue weighted by atomic mass is 9.86. The van der Waals surface area contributed by atoms with Gasteiger partial charge in [-0.05, 0) is 6.92 Å². The highest BCUT2D eigenvalue weighted by molar-refractivity contribution is 7.99. The fourth-order valence-electron chi connectivity index (χ4n) is 2.05. The molecular formula is C10H19NO2S. The second-order valence-electron chi connectivity index (χ2n) is 4.55. The molecule has 2 heterocycles. The molecule has 2 aliphatic rings. The third kappa shape index (κ3) is 2.08. The molecule has 82 valence electrons. The zero-order valence-electron chi connectivity index (χ0n) is 8.74. The average Bonchev–Trinajstić information content (AvgIpc) is 2.14. The molecule has 2 saturated heterocycles. The van der Waals surface area contributed by atoms with E-state index in [0.717, 1.165) is 26.3 Å². The van der Waals surface area contributed by atoms with Crippen LogP contribution in [0.25, 0.3) is 0 Å². The minimum absolute atomic E-state index is 0.0519. The number of ether oxygens (including phenoxy) is 1. The van der Waals surface area contributed by atoms with Gasteiger partial charge in [0.1, 0.15) is 0 Å². The van der Waals surface area contributed by atoms with Gasteiger partial charge in [0, 0.05) is 30.6 Å². The highest BCUT2D eigenvalue weighted by atomic mass is 32.2. The lowest BCUT2D eigenvalue weighted by molar-refractivity contribution is -0.150. The van der Waals surface area contributed by atoms with E-state index in [1.807, 2.05) is 11.8 Å². The lowest BCUT2D eigenvalue weighted by Crippen LogP contribution is -2.56. The number of hydrogen-bond acceptors (Lipinski definition) is 4. The Morgan fingerprint density at radius 3 is 2.86 bits per heavy atom. The maximum Gasteiger partial charge on any atom is 0.0579 e. The monoisotopic (exact) mass is 217 g/mol. The number of thioether (sulfide) groups is 1. The Bertz CT molecular complexity index is 191. The molecule has 0 aromatic carbocycles. The van der Waals surface area contributed by atoms with Gasteiger partial charge in [-0.15, -0.1) is 0 Å². The van der Waals surface area contributed by atoms with Crippen molar-refractivity contribution >= 4 is 11.8 Å². The van der Waals surface area contributed by atoms with Gasteiger partial charge in [0.25, 0.3) is 0 Å². The maximum atomic E-state index is 9.34. The molecule has 0 saturated carbocycles. The van der Waals surface area contributed by atoms with Crippen LogP contribution in [0.5, 0.6) is 0 Å². The summed E-state index contributed by atoms with van der Waals surface area (Å²) in [6.07, 6.45) is 0. The second-order valence-corrected chi connectivity index (χ2v) is 5.70. The summed E-state index contributed by atoms with van der Waals surface area (Å²) in [7, 11) is 0. The molecule has 0 radical (unpaired) electrons. The molecule has 0 aromatic heterocycles. The smallest absolute Gasteiger partial charge is 0.0579 e. The zero-order chi connectivity index (χ0) is 10.0. The van der Waals surface area contributed by atoms with Crippen molar-refractivity contribution in [3.05, 3.63) is 0 Å². The van der Waals surface area contributed by atoms with E-state index in [2.05, 4.69) is 11.8 Å². The van der Waals surface area contributed by atoms with E-state index < -0.39 is 0 Å². The van der Waals surface area contributed by atoms with Crippen LogP contribution in [-0.4, -0.2) is 60.5 Å². The Hall–Kier alpha value is 0.230. The number of aliphatic hydroxyl groups is 1. The van der Waals surface area contributed by atoms with E-state index in [9.17, 15) is 5.11 Å². The van der Waals surface area contributed by atoms with E-state index >= 15 is 0 Å². The van der Waals surface area contributed by atoms with Crippen LogP contribution in [0, 0.1) is 5.41 Å². The average molecular weight is 217 g/mol. The minimum atomic E-state index is 0.0519.